The van der Waals surface area contributed by atoms with Crippen LogP contribution in [0.4, 0.5) is 0 Å². The van der Waals surface area contributed by atoms with E-state index in [9.17, 15) is 18.0 Å². The van der Waals surface area contributed by atoms with Crippen molar-refractivity contribution < 1.29 is 17.6 Å². The Bertz CT molecular complexity index is 1390. The van der Waals surface area contributed by atoms with Crippen LogP contribution in [0.1, 0.15) is 41.2 Å². The van der Waals surface area contributed by atoms with E-state index >= 15 is 0 Å². The third kappa shape index (κ3) is 4.48. The Balaban J connectivity index is 1.26. The lowest BCUT2D eigenvalue weighted by Gasteiger charge is -2.25. The predicted octanol–water partition coefficient (Wildman–Crippen LogP) is 2.87. The molecule has 33 heavy (non-hydrogen) atoms. The van der Waals surface area contributed by atoms with Crippen molar-refractivity contribution in [2.24, 2.45) is 4.99 Å². The van der Waals surface area contributed by atoms with Crippen molar-refractivity contribution in [2.75, 3.05) is 18.8 Å². The van der Waals surface area contributed by atoms with E-state index in [0.29, 0.717) is 40.7 Å². The summed E-state index contributed by atoms with van der Waals surface area (Å²) in [4.78, 5) is 31.4. The zero-order valence-corrected chi connectivity index (χ0v) is 19.2. The summed E-state index contributed by atoms with van der Waals surface area (Å²) >= 11 is 1.42. The fourth-order valence-corrected chi connectivity index (χ4v) is 6.45. The second-order valence-electron chi connectivity index (χ2n) is 7.97. The summed E-state index contributed by atoms with van der Waals surface area (Å²) in [5.74, 6) is -0.215. The topological polar surface area (TPSA) is 125 Å². The minimum Gasteiger partial charge on any atom is -0.408 e. The molecule has 1 unspecified atom stereocenters. The van der Waals surface area contributed by atoms with Crippen molar-refractivity contribution in [3.63, 3.8) is 0 Å². The summed E-state index contributed by atoms with van der Waals surface area (Å²) < 4.78 is 32.2. The van der Waals surface area contributed by atoms with Crippen LogP contribution in [0.3, 0.4) is 0 Å². The summed E-state index contributed by atoms with van der Waals surface area (Å²) in [6, 6.07) is 11.2. The first-order chi connectivity index (χ1) is 15.9. The van der Waals surface area contributed by atoms with Crippen LogP contribution in [-0.2, 0) is 10.0 Å². The van der Waals surface area contributed by atoms with Gasteiger partial charge in [0.25, 0.3) is 5.91 Å². The number of rotatable bonds is 4. The van der Waals surface area contributed by atoms with Gasteiger partial charge in [0.15, 0.2) is 10.8 Å². The maximum atomic E-state index is 12.8. The maximum Gasteiger partial charge on any atom is 0.417 e. The molecule has 1 amide bonds. The molecule has 2 aliphatic heterocycles. The standard InChI is InChI=1S/C22H22N4O5S2/c27-20(14-4-7-16(8-5-14)33(29,30)26-10-2-1-3-11-26)25-21-23-18(13-32-21)15-6-9-17-19(12-15)31-22(28)24-17/h4-9,12,18H,1-3,10-11,13H2,(H,24,28)(H,23,25,27). The highest BCUT2D eigenvalue weighted by Gasteiger charge is 2.26. The largest absolute Gasteiger partial charge is 0.417 e. The van der Waals surface area contributed by atoms with E-state index in [-0.39, 0.29) is 16.8 Å². The Kier molecular flexibility index (Phi) is 5.85. The zero-order valence-electron chi connectivity index (χ0n) is 17.6. The number of hydrogen-bond donors (Lipinski definition) is 2. The average Bonchev–Trinajstić information content (AvgIpc) is 3.44. The molecule has 1 saturated heterocycles. The summed E-state index contributed by atoms with van der Waals surface area (Å²) in [6.07, 6.45) is 2.78. The van der Waals surface area contributed by atoms with Gasteiger partial charge in [0, 0.05) is 24.4 Å². The fourth-order valence-electron chi connectivity index (χ4n) is 3.98. The number of H-pyrrole nitrogens is 1. The summed E-state index contributed by atoms with van der Waals surface area (Å²) in [7, 11) is -3.53. The summed E-state index contributed by atoms with van der Waals surface area (Å²) in [5.41, 5.74) is 2.33. The first kappa shape index (κ1) is 21.9. The van der Waals surface area contributed by atoms with Gasteiger partial charge in [0.05, 0.1) is 16.5 Å². The number of aromatic amines is 1. The Morgan fingerprint density at radius 2 is 1.88 bits per heavy atom. The van der Waals surface area contributed by atoms with Gasteiger partial charge in [0.2, 0.25) is 10.0 Å². The van der Waals surface area contributed by atoms with Crippen LogP contribution < -0.4 is 11.1 Å². The molecule has 1 aromatic heterocycles. The van der Waals surface area contributed by atoms with Crippen molar-refractivity contribution in [3.8, 4) is 0 Å². The molecule has 0 aliphatic carbocycles. The number of aromatic nitrogens is 1. The Morgan fingerprint density at radius 1 is 1.12 bits per heavy atom. The number of fused-ring (bicyclic) bond motifs is 1. The molecular formula is C22H22N4O5S2. The van der Waals surface area contributed by atoms with Crippen LogP contribution >= 0.6 is 11.8 Å². The first-order valence-corrected chi connectivity index (χ1v) is 13.1. The molecule has 1 fully saturated rings. The van der Waals surface area contributed by atoms with E-state index in [1.807, 2.05) is 6.07 Å². The third-order valence-corrected chi connectivity index (χ3v) is 8.65. The highest BCUT2D eigenvalue weighted by molar-refractivity contribution is 8.14. The van der Waals surface area contributed by atoms with Crippen LogP contribution in [0.2, 0.25) is 0 Å². The number of nitrogens with one attached hydrogen (secondary N) is 2. The number of aliphatic imine (C=N–C) groups is 1. The van der Waals surface area contributed by atoms with Crippen molar-refractivity contribution >= 4 is 44.0 Å². The second kappa shape index (κ2) is 8.81. The highest BCUT2D eigenvalue weighted by Crippen LogP contribution is 2.31. The van der Waals surface area contributed by atoms with Gasteiger partial charge in [-0.05, 0) is 54.8 Å². The van der Waals surface area contributed by atoms with Crippen molar-refractivity contribution in [1.82, 2.24) is 14.6 Å². The van der Waals surface area contributed by atoms with E-state index in [1.165, 1.54) is 40.3 Å². The van der Waals surface area contributed by atoms with E-state index in [4.69, 9.17) is 4.42 Å². The third-order valence-electron chi connectivity index (χ3n) is 5.77. The van der Waals surface area contributed by atoms with Gasteiger partial charge in [-0.1, -0.05) is 24.2 Å². The number of nitrogens with zero attached hydrogens (tertiary/aromatic N) is 2. The molecule has 172 valence electrons. The van der Waals surface area contributed by atoms with Crippen LogP contribution in [-0.4, -0.2) is 47.6 Å². The molecule has 0 spiro atoms. The smallest absolute Gasteiger partial charge is 0.408 e. The molecule has 11 heteroatoms. The molecule has 9 nitrogen and oxygen atoms in total. The number of carbonyl (C=O) groups is 1. The lowest BCUT2D eigenvalue weighted by molar-refractivity contribution is 0.0978. The van der Waals surface area contributed by atoms with E-state index in [1.54, 1.807) is 12.1 Å². The fraction of sp³-hybridized carbons (Fsp3) is 0.318. The van der Waals surface area contributed by atoms with Gasteiger partial charge in [0.1, 0.15) is 0 Å². The number of thioether (sulfide) groups is 1. The van der Waals surface area contributed by atoms with Gasteiger partial charge in [-0.2, -0.15) is 4.31 Å². The van der Waals surface area contributed by atoms with Gasteiger partial charge >= 0.3 is 5.76 Å². The number of benzene rings is 2. The number of sulfonamides is 1. The molecule has 3 heterocycles. The van der Waals surface area contributed by atoms with Gasteiger partial charge in [-0.3, -0.25) is 14.8 Å². The number of amidine groups is 1. The van der Waals surface area contributed by atoms with Gasteiger partial charge < -0.3 is 9.73 Å². The van der Waals surface area contributed by atoms with Gasteiger partial charge in [-0.15, -0.1) is 0 Å². The normalized spacial score (nSPS) is 19.5. The molecule has 2 N–H and O–H groups in total. The monoisotopic (exact) mass is 486 g/mol. The SMILES string of the molecule is O=C(NC1=NC(c2ccc3[nH]c(=O)oc3c2)CS1)c1ccc(S(=O)(=O)N2CCCCC2)cc1. The minimum atomic E-state index is -3.53. The van der Waals surface area contributed by atoms with E-state index < -0.39 is 15.8 Å². The molecule has 1 atom stereocenters. The number of hydrogen-bond acceptors (Lipinski definition) is 7. The molecule has 3 aromatic rings. The molecular weight excluding hydrogens is 464 g/mol. The Hall–Kier alpha value is -2.89. The number of piperidine rings is 1. The quantitative estimate of drug-likeness (QED) is 0.584. The van der Waals surface area contributed by atoms with Crippen LogP contribution in [0.15, 0.2) is 61.6 Å². The van der Waals surface area contributed by atoms with Crippen molar-refractivity contribution in [3.05, 3.63) is 64.1 Å². The molecule has 0 radical (unpaired) electrons. The minimum absolute atomic E-state index is 0.174. The predicted molar refractivity (Wildman–Crippen MR) is 126 cm³/mol. The maximum absolute atomic E-state index is 12.8. The van der Waals surface area contributed by atoms with E-state index in [2.05, 4.69) is 15.3 Å². The average molecular weight is 487 g/mol. The van der Waals surface area contributed by atoms with Crippen LogP contribution in [0.5, 0.6) is 0 Å². The Morgan fingerprint density at radius 3 is 2.64 bits per heavy atom. The van der Waals surface area contributed by atoms with Crippen molar-refractivity contribution in [2.45, 2.75) is 30.2 Å². The first-order valence-electron chi connectivity index (χ1n) is 10.6. The summed E-state index contributed by atoms with van der Waals surface area (Å²) in [6.45, 7) is 1.07. The lowest BCUT2D eigenvalue weighted by Crippen LogP contribution is -2.35. The molecule has 2 aromatic carbocycles. The summed E-state index contributed by atoms with van der Waals surface area (Å²) in [5, 5.41) is 3.28. The molecule has 2 aliphatic rings. The van der Waals surface area contributed by atoms with E-state index in [0.717, 1.165) is 24.8 Å². The molecule has 0 saturated carbocycles. The zero-order chi connectivity index (χ0) is 23.0. The molecule has 5 rings (SSSR count). The lowest BCUT2D eigenvalue weighted by atomic mass is 10.1. The van der Waals surface area contributed by atoms with Gasteiger partial charge in [-0.25, -0.2) is 13.2 Å². The molecule has 0 bridgehead atoms. The highest BCUT2D eigenvalue weighted by atomic mass is 32.2. The van der Waals surface area contributed by atoms with Crippen molar-refractivity contribution in [1.29, 1.82) is 0 Å². The Labute approximate surface area is 194 Å². The van der Waals surface area contributed by atoms with Crippen LogP contribution in [0.25, 0.3) is 11.1 Å². The number of carbonyl (C=O) groups excluding carboxylic acids is 1. The van der Waals surface area contributed by atoms with Crippen LogP contribution in [0, 0.1) is 0 Å². The second-order valence-corrected chi connectivity index (χ2v) is 10.9. The number of amides is 1. The number of oxazole rings is 1.